The van der Waals surface area contributed by atoms with Crippen LogP contribution in [0.4, 0.5) is 13.2 Å². The average Bonchev–Trinajstić information content (AvgIpc) is 2.33. The van der Waals surface area contributed by atoms with Gasteiger partial charge in [-0.3, -0.25) is 0 Å². The van der Waals surface area contributed by atoms with Crippen LogP contribution >= 0.6 is 0 Å². The molecule has 1 aliphatic rings. The van der Waals surface area contributed by atoms with Crippen molar-refractivity contribution in [2.45, 2.75) is 52.5 Å². The van der Waals surface area contributed by atoms with Crippen LogP contribution in [0.1, 0.15) is 47.0 Å². The van der Waals surface area contributed by atoms with Crippen LogP contribution in [0.15, 0.2) is 35.1 Å². The first-order chi connectivity index (χ1) is 9.87. The highest BCUT2D eigenvalue weighted by Crippen LogP contribution is 2.40. The van der Waals surface area contributed by atoms with Gasteiger partial charge in [0.2, 0.25) is 0 Å². The molecule has 0 saturated carbocycles. The molecule has 3 nitrogen and oxygen atoms in total. The van der Waals surface area contributed by atoms with Crippen LogP contribution in [0.25, 0.3) is 0 Å². The molecule has 0 unspecified atom stereocenters. The number of rotatable bonds is 4. The lowest BCUT2D eigenvalue weighted by Gasteiger charge is -2.32. The molecular weight excluding hydrogens is 317 g/mol. The molecule has 0 aliphatic heterocycles. The van der Waals surface area contributed by atoms with Crippen molar-refractivity contribution in [1.82, 2.24) is 0 Å². The van der Waals surface area contributed by atoms with E-state index in [0.717, 1.165) is 24.8 Å². The normalized spacial score (nSPS) is 20.6. The van der Waals surface area contributed by atoms with E-state index in [-0.39, 0.29) is 11.0 Å². The summed E-state index contributed by atoms with van der Waals surface area (Å²) in [5.74, 6) is 0. The van der Waals surface area contributed by atoms with E-state index in [2.05, 4.69) is 18.0 Å². The minimum atomic E-state index is -5.59. The minimum absolute atomic E-state index is 0.00197. The van der Waals surface area contributed by atoms with Crippen LogP contribution in [-0.4, -0.2) is 13.9 Å². The van der Waals surface area contributed by atoms with Crippen LogP contribution in [0.3, 0.4) is 0 Å². The fourth-order valence-corrected chi connectivity index (χ4v) is 2.85. The molecule has 7 heteroatoms. The highest BCUT2D eigenvalue weighted by atomic mass is 32.2. The third-order valence-corrected chi connectivity index (χ3v) is 4.62. The molecule has 0 fully saturated rings. The maximum Gasteiger partial charge on any atom is 0.534 e. The van der Waals surface area contributed by atoms with Crippen molar-refractivity contribution in [1.29, 1.82) is 0 Å². The number of hydrogen-bond donors (Lipinski definition) is 0. The molecule has 0 heterocycles. The maximum atomic E-state index is 12.1. The van der Waals surface area contributed by atoms with Gasteiger partial charge in [-0.25, -0.2) is 0 Å². The highest BCUT2D eigenvalue weighted by Gasteiger charge is 2.47. The molecule has 0 N–H and O–H groups in total. The van der Waals surface area contributed by atoms with Crippen LogP contribution in [0.2, 0.25) is 0 Å². The Balaban J connectivity index is 2.89. The zero-order valence-corrected chi connectivity index (χ0v) is 13.9. The first-order valence-corrected chi connectivity index (χ1v) is 8.32. The first kappa shape index (κ1) is 18.8. The summed E-state index contributed by atoms with van der Waals surface area (Å²) in [6.07, 6.45) is 7.13. The smallest absolute Gasteiger partial charge is 0.384 e. The predicted octanol–water partition coefficient (Wildman–Crippen LogP) is 4.84. The van der Waals surface area contributed by atoms with Crippen molar-refractivity contribution in [3.8, 4) is 0 Å². The molecule has 0 bridgehead atoms. The van der Waals surface area contributed by atoms with Gasteiger partial charge in [0, 0.05) is 0 Å². The van der Waals surface area contributed by atoms with Gasteiger partial charge in [-0.2, -0.15) is 21.6 Å². The summed E-state index contributed by atoms with van der Waals surface area (Å²) >= 11 is 0. The summed E-state index contributed by atoms with van der Waals surface area (Å²) in [4.78, 5) is 0. The molecule has 0 aromatic carbocycles. The van der Waals surface area contributed by atoms with Crippen LogP contribution in [-0.2, 0) is 14.3 Å². The number of hydrogen-bond acceptors (Lipinski definition) is 3. The van der Waals surface area contributed by atoms with E-state index in [9.17, 15) is 21.6 Å². The van der Waals surface area contributed by atoms with Crippen molar-refractivity contribution in [2.75, 3.05) is 0 Å². The van der Waals surface area contributed by atoms with E-state index in [1.54, 1.807) is 6.08 Å². The Labute approximate surface area is 129 Å². The Morgan fingerprint density at radius 3 is 2.41 bits per heavy atom. The third kappa shape index (κ3) is 4.63. The zero-order chi connectivity index (χ0) is 17.2. The molecule has 0 saturated heterocycles. The Morgan fingerprint density at radius 1 is 1.32 bits per heavy atom. The van der Waals surface area contributed by atoms with Gasteiger partial charge >= 0.3 is 15.6 Å². The van der Waals surface area contributed by atoms with Crippen molar-refractivity contribution in [2.24, 2.45) is 5.41 Å². The molecular formula is C15H21F3O3S. The van der Waals surface area contributed by atoms with E-state index in [0.29, 0.717) is 6.26 Å². The average molecular weight is 338 g/mol. The van der Waals surface area contributed by atoms with E-state index >= 15 is 0 Å². The third-order valence-electron chi connectivity index (χ3n) is 3.70. The predicted molar refractivity (Wildman–Crippen MR) is 79.3 cm³/mol. The number of alkyl halides is 3. The lowest BCUT2D eigenvalue weighted by atomic mass is 9.72. The molecule has 1 aliphatic carbocycles. The van der Waals surface area contributed by atoms with Gasteiger partial charge in [0.25, 0.3) is 0 Å². The van der Waals surface area contributed by atoms with Gasteiger partial charge in [0.05, 0.1) is 0 Å². The van der Waals surface area contributed by atoms with Gasteiger partial charge in [-0.05, 0) is 49.7 Å². The van der Waals surface area contributed by atoms with Crippen LogP contribution < -0.4 is 0 Å². The van der Waals surface area contributed by atoms with Crippen LogP contribution in [0.5, 0.6) is 0 Å². The fraction of sp³-hybridized carbons (Fsp3) is 0.600. The zero-order valence-electron chi connectivity index (χ0n) is 13.1. The monoisotopic (exact) mass is 338 g/mol. The van der Waals surface area contributed by atoms with Gasteiger partial charge in [0.1, 0.15) is 6.26 Å². The molecule has 0 atom stereocenters. The summed E-state index contributed by atoms with van der Waals surface area (Å²) in [5.41, 5.74) is -2.76. The molecule has 126 valence electrons. The van der Waals surface area contributed by atoms with Gasteiger partial charge in [-0.15, -0.1) is 0 Å². The molecule has 1 rings (SSSR count). The standard InChI is InChI=1S/C15H21F3O3S/c1-11(10-21-22(19,20)15(16,17)18)7-8-13-12(2)6-5-9-14(13,3)4/h7-8,10H,5-6,9H2,1-4H3/b8-7+,11-10+. The quantitative estimate of drug-likeness (QED) is 0.319. The van der Waals surface area contributed by atoms with Crippen molar-refractivity contribution in [3.63, 3.8) is 0 Å². The summed E-state index contributed by atoms with van der Waals surface area (Å²) in [5, 5.41) is 0. The molecule has 0 amide bonds. The Hall–Kier alpha value is -1.24. The second-order valence-electron chi connectivity index (χ2n) is 6.12. The van der Waals surface area contributed by atoms with Gasteiger partial charge in [-0.1, -0.05) is 31.6 Å². The topological polar surface area (TPSA) is 43.4 Å². The number of allylic oxidation sites excluding steroid dienone is 5. The summed E-state index contributed by atoms with van der Waals surface area (Å²) in [6, 6.07) is 0. The molecule has 0 aromatic heterocycles. The number of halogens is 3. The highest BCUT2D eigenvalue weighted by molar-refractivity contribution is 7.87. The van der Waals surface area contributed by atoms with E-state index in [4.69, 9.17) is 0 Å². The lowest BCUT2D eigenvalue weighted by molar-refractivity contribution is -0.0515. The Morgan fingerprint density at radius 2 is 1.91 bits per heavy atom. The largest absolute Gasteiger partial charge is 0.534 e. The molecule has 0 aromatic rings. The molecule has 0 radical (unpaired) electrons. The lowest BCUT2D eigenvalue weighted by Crippen LogP contribution is -2.23. The van der Waals surface area contributed by atoms with Crippen molar-refractivity contribution in [3.05, 3.63) is 35.1 Å². The fourth-order valence-electron chi connectivity index (χ4n) is 2.46. The summed E-state index contributed by atoms with van der Waals surface area (Å²) in [7, 11) is -5.59. The second kappa shape index (κ2) is 6.48. The van der Waals surface area contributed by atoms with E-state index in [1.807, 2.05) is 13.0 Å². The van der Waals surface area contributed by atoms with E-state index < -0.39 is 15.6 Å². The van der Waals surface area contributed by atoms with Crippen LogP contribution in [0, 0.1) is 5.41 Å². The van der Waals surface area contributed by atoms with E-state index in [1.165, 1.54) is 12.5 Å². The summed E-state index contributed by atoms with van der Waals surface area (Å²) < 4.78 is 61.9. The molecule has 22 heavy (non-hydrogen) atoms. The Kier molecular flexibility index (Phi) is 5.54. The van der Waals surface area contributed by atoms with Gasteiger partial charge in [0.15, 0.2) is 0 Å². The maximum absolute atomic E-state index is 12.1. The van der Waals surface area contributed by atoms with Gasteiger partial charge < -0.3 is 4.18 Å². The molecule has 0 spiro atoms. The van der Waals surface area contributed by atoms with Crippen molar-refractivity contribution >= 4 is 10.1 Å². The minimum Gasteiger partial charge on any atom is -0.384 e. The second-order valence-corrected chi connectivity index (χ2v) is 7.69. The first-order valence-electron chi connectivity index (χ1n) is 6.91. The van der Waals surface area contributed by atoms with Crippen molar-refractivity contribution < 1.29 is 25.8 Å². The Bertz CT molecular complexity index is 608. The SMILES string of the molecule is CC1=C(/C=C/C(C)=C/OS(=O)(=O)C(F)(F)F)C(C)(C)CCC1. The summed E-state index contributed by atoms with van der Waals surface area (Å²) in [6.45, 7) is 7.73.